The second-order valence-corrected chi connectivity index (χ2v) is 25.6. The Bertz CT molecular complexity index is 5650. The summed E-state index contributed by atoms with van der Waals surface area (Å²) in [7, 11) is 11.6. The van der Waals surface area contributed by atoms with Crippen LogP contribution in [0, 0.1) is 173 Å². The molecule has 12 heterocycles. The first kappa shape index (κ1) is 74.2. The molecule has 0 bridgehead atoms. The number of fused-ring (bicyclic) bond motifs is 6. The second kappa shape index (κ2) is 28.3. The van der Waals surface area contributed by atoms with Crippen molar-refractivity contribution in [1.82, 2.24) is 82.7 Å². The monoisotopic (exact) mass is 1320 g/mol. The highest BCUT2D eigenvalue weighted by Crippen LogP contribution is 2.25. The molecule has 0 saturated carbocycles. The number of nitrogens with zero attached hydrogens (tertiary/aromatic N) is 17. The van der Waals surface area contributed by atoms with Gasteiger partial charge in [-0.1, -0.05) is 0 Å². The lowest BCUT2D eigenvalue weighted by Crippen LogP contribution is -2.17. The molecule has 12 aromatic rings. The van der Waals surface area contributed by atoms with Crippen LogP contribution in [0.4, 0.5) is 0 Å². The van der Waals surface area contributed by atoms with Crippen LogP contribution in [0.15, 0.2) is 28.8 Å². The number of rotatable bonds is 0. The van der Waals surface area contributed by atoms with Gasteiger partial charge in [0.05, 0.1) is 55.8 Å². The molecule has 510 valence electrons. The maximum absolute atomic E-state index is 12.4. The van der Waals surface area contributed by atoms with Crippen LogP contribution >= 0.6 is 0 Å². The van der Waals surface area contributed by atoms with Crippen molar-refractivity contribution in [3.63, 3.8) is 0 Å². The predicted octanol–water partition coefficient (Wildman–Crippen LogP) is 10.3. The summed E-state index contributed by atoms with van der Waals surface area (Å²) < 4.78 is 11.8. The fourth-order valence-electron chi connectivity index (χ4n) is 11.8. The zero-order valence-electron chi connectivity index (χ0n) is 62.6. The Labute approximate surface area is 564 Å². The number of aryl methyl sites for hydroxylation is 18. The summed E-state index contributed by atoms with van der Waals surface area (Å²) in [5, 5.41) is 17.6. The minimum Gasteiger partial charge on any atom is -0.346 e. The number of pyridine rings is 8. The van der Waals surface area contributed by atoms with E-state index in [0.717, 1.165) is 146 Å². The maximum Gasteiger partial charge on any atom is 0.212 e. The predicted molar refractivity (Wildman–Crippen MR) is 389 cm³/mol. The smallest absolute Gasteiger partial charge is 0.212 e. The lowest BCUT2D eigenvalue weighted by atomic mass is 10.0. The molecule has 0 aromatic carbocycles. The van der Waals surface area contributed by atoms with E-state index in [1.807, 2.05) is 199 Å². The Kier molecular flexibility index (Phi) is 21.6. The molecule has 0 spiro atoms. The first-order valence-corrected chi connectivity index (χ1v) is 32.0. The Morgan fingerprint density at radius 1 is 0.206 bits per heavy atom. The van der Waals surface area contributed by atoms with Crippen molar-refractivity contribution in [2.75, 3.05) is 0 Å². The molecule has 12 aromatic heterocycles. The van der Waals surface area contributed by atoms with Crippen molar-refractivity contribution in [2.24, 2.45) is 42.3 Å². The molecule has 0 amide bonds. The van der Waals surface area contributed by atoms with Gasteiger partial charge in [-0.3, -0.25) is 33.8 Å². The zero-order chi connectivity index (χ0) is 73.1. The van der Waals surface area contributed by atoms with E-state index in [4.69, 9.17) is 0 Å². The van der Waals surface area contributed by atoms with Gasteiger partial charge in [0.1, 0.15) is 22.7 Å². The van der Waals surface area contributed by atoms with Crippen molar-refractivity contribution in [1.29, 1.82) is 0 Å². The highest BCUT2D eigenvalue weighted by molar-refractivity contribution is 5.86. The van der Waals surface area contributed by atoms with Gasteiger partial charge in [0.25, 0.3) is 0 Å². The van der Waals surface area contributed by atoms with E-state index >= 15 is 0 Å². The number of aromatic nitrogens is 17. The van der Waals surface area contributed by atoms with Crippen LogP contribution in [0.1, 0.15) is 141 Å². The lowest BCUT2D eigenvalue weighted by molar-refractivity contribution is 0.826. The summed E-state index contributed by atoms with van der Waals surface area (Å²) in [4.78, 5) is 103. The zero-order valence-corrected chi connectivity index (χ0v) is 62.6. The summed E-state index contributed by atoms with van der Waals surface area (Å²) in [6.07, 6.45) is 0. The molecule has 0 atom stereocenters. The Morgan fingerprint density at radius 2 is 0.546 bits per heavy atom. The Balaban J connectivity index is 0.000000164. The first-order valence-electron chi connectivity index (χ1n) is 32.0. The molecule has 0 fully saturated rings. The van der Waals surface area contributed by atoms with Gasteiger partial charge in [-0.2, -0.15) is 5.10 Å². The SMILES string of the molecule is Cc1nc(C)c2c(c1C)c(=O)c(C)c(C)n2C.Cc1nc(C)c2c(n1)c(=O)c(C)c(C)n2C.Cc1nc2c(=O)c(C)c(C)n(C)c2c(C)c1C.Cc1nc2c(=O)c(C)c(C)n(C)c2nc1C.Cc1nnc2c(c1C)c(=O)c(C)c(C)n2C.Cc1nnc2c(n1)c(=O)c(C)c(C)n2C. The van der Waals surface area contributed by atoms with E-state index in [1.165, 1.54) is 0 Å². The Morgan fingerprint density at radius 3 is 1.06 bits per heavy atom. The average Bonchev–Trinajstić information content (AvgIpc) is 0.770. The summed E-state index contributed by atoms with van der Waals surface area (Å²) in [6, 6.07) is 0. The van der Waals surface area contributed by atoms with Crippen LogP contribution < -0.4 is 32.6 Å². The van der Waals surface area contributed by atoms with Gasteiger partial charge in [-0.15, -0.1) is 15.3 Å². The first-order chi connectivity index (χ1) is 45.0. The van der Waals surface area contributed by atoms with E-state index in [2.05, 4.69) is 78.3 Å². The molecular weight excluding hydrogens is 1220 g/mol. The largest absolute Gasteiger partial charge is 0.346 e. The lowest BCUT2D eigenvalue weighted by Gasteiger charge is -2.16. The summed E-state index contributed by atoms with van der Waals surface area (Å²) in [5.74, 6) is 1.16. The van der Waals surface area contributed by atoms with Crippen LogP contribution in [-0.2, 0) is 42.3 Å². The van der Waals surface area contributed by atoms with E-state index in [-0.39, 0.29) is 32.6 Å². The van der Waals surface area contributed by atoms with E-state index in [1.54, 1.807) is 20.8 Å². The molecular formula is C74H93N17O6. The third kappa shape index (κ3) is 13.4. The third-order valence-corrected chi connectivity index (χ3v) is 20.1. The van der Waals surface area contributed by atoms with Gasteiger partial charge in [0.2, 0.25) is 21.7 Å². The molecule has 97 heavy (non-hydrogen) atoms. The molecule has 0 aliphatic carbocycles. The standard InChI is InChI=1S/2C14H18N2O.3C12H15N3O.C10H12N4O/c1-7-9(3)15-10(4)13-12(7)14(17)8(2)11(5)16(13)6;1-7-8(2)13-12(15-10(7)4)14(17)9(3)11(5)16(13)6;1-6-9(4)15(5)12-10(11(6)16)13-7(2)8(3)14-12;1-6-8(3)15(5)11-7(2)13-9(4)14-10(11)12(6)16;1-6-8(3)13-14-12-10(6)11(16)7(2)9(4)15(12)5;1-5-6(2)14(4)10-8(9(5)15)11-7(3)12-13-10/h2*1-6H3;3*1-5H3;1-4H3. The van der Waals surface area contributed by atoms with Crippen LogP contribution in [0.2, 0.25) is 0 Å². The minimum absolute atomic E-state index is 0.0128. The number of hydrogen-bond acceptors (Lipinski definition) is 17. The topological polar surface area (TPSA) is 274 Å². The fourth-order valence-corrected chi connectivity index (χ4v) is 11.8. The van der Waals surface area contributed by atoms with Crippen LogP contribution in [0.5, 0.6) is 0 Å². The van der Waals surface area contributed by atoms with Crippen LogP contribution in [0.3, 0.4) is 0 Å². The maximum atomic E-state index is 12.4. The van der Waals surface area contributed by atoms with Crippen molar-refractivity contribution in [3.8, 4) is 0 Å². The molecule has 23 nitrogen and oxygen atoms in total. The van der Waals surface area contributed by atoms with Crippen molar-refractivity contribution in [3.05, 3.63) is 203 Å². The van der Waals surface area contributed by atoms with Crippen molar-refractivity contribution < 1.29 is 0 Å². The van der Waals surface area contributed by atoms with Crippen molar-refractivity contribution >= 4 is 66.3 Å². The van der Waals surface area contributed by atoms with Crippen LogP contribution in [-0.4, -0.2) is 82.7 Å². The van der Waals surface area contributed by atoms with E-state index in [0.29, 0.717) is 61.6 Å². The number of hydrogen-bond donors (Lipinski definition) is 0. The van der Waals surface area contributed by atoms with Gasteiger partial charge in [-0.25, -0.2) is 29.9 Å². The fraction of sp³-hybridized carbons (Fsp3) is 0.419. The molecule has 0 radical (unpaired) electrons. The Hall–Kier alpha value is -10.2. The molecule has 0 aliphatic heterocycles. The van der Waals surface area contributed by atoms with Gasteiger partial charge < -0.3 is 27.4 Å². The van der Waals surface area contributed by atoms with Gasteiger partial charge >= 0.3 is 0 Å². The third-order valence-electron chi connectivity index (χ3n) is 20.1. The molecule has 0 aliphatic rings. The second-order valence-electron chi connectivity index (χ2n) is 25.6. The van der Waals surface area contributed by atoms with E-state index in [9.17, 15) is 28.8 Å². The quantitative estimate of drug-likeness (QED) is 0.136. The molecule has 12 rings (SSSR count). The molecule has 0 N–H and O–H groups in total. The summed E-state index contributed by atoms with van der Waals surface area (Å²) in [5.41, 5.74) is 27.6. The summed E-state index contributed by atoms with van der Waals surface area (Å²) >= 11 is 0. The minimum atomic E-state index is -0.0569. The van der Waals surface area contributed by atoms with Gasteiger partial charge in [0.15, 0.2) is 38.8 Å². The highest BCUT2D eigenvalue weighted by atomic mass is 16.1. The molecule has 23 heteroatoms. The van der Waals surface area contributed by atoms with Crippen LogP contribution in [0.25, 0.3) is 66.3 Å². The highest BCUT2D eigenvalue weighted by Gasteiger charge is 2.20. The normalized spacial score (nSPS) is 11.1. The van der Waals surface area contributed by atoms with Crippen molar-refractivity contribution in [2.45, 2.75) is 173 Å². The average molecular weight is 1320 g/mol. The van der Waals surface area contributed by atoms with Gasteiger partial charge in [0, 0.05) is 121 Å². The summed E-state index contributed by atoms with van der Waals surface area (Å²) in [6.45, 7) is 47.7. The van der Waals surface area contributed by atoms with Gasteiger partial charge in [-0.05, 0) is 195 Å². The van der Waals surface area contributed by atoms with E-state index < -0.39 is 0 Å². The molecule has 0 saturated heterocycles. The molecule has 0 unspecified atom stereocenters.